The minimum Gasteiger partial charge on any atom is -0.453 e. The molecule has 1 heterocycles. The Morgan fingerprint density at radius 1 is 1.12 bits per heavy atom. The first kappa shape index (κ1) is 11.3. The molecule has 6 nitrogen and oxygen atoms in total. The predicted octanol–water partition coefficient (Wildman–Crippen LogP) is 2.02. The van der Waals surface area contributed by atoms with Crippen LogP contribution >= 0.6 is 0 Å². The van der Waals surface area contributed by atoms with Crippen molar-refractivity contribution < 1.29 is 17.8 Å². The highest BCUT2D eigenvalue weighted by molar-refractivity contribution is 7.91. The first-order valence-corrected chi connectivity index (χ1v) is 6.04. The lowest BCUT2D eigenvalue weighted by Crippen LogP contribution is -2.04. The molecule has 0 aliphatic heterocycles. The van der Waals surface area contributed by atoms with Crippen LogP contribution in [0.25, 0.3) is 0 Å². The fourth-order valence-electron chi connectivity index (χ4n) is 1.36. The van der Waals surface area contributed by atoms with Gasteiger partial charge >= 0.3 is 0 Å². The average molecular weight is 253 g/mol. The van der Waals surface area contributed by atoms with Gasteiger partial charge in [0.2, 0.25) is 14.9 Å². The molecule has 0 saturated carbocycles. The zero-order valence-corrected chi connectivity index (χ0v) is 9.25. The van der Waals surface area contributed by atoms with E-state index in [1.54, 1.807) is 0 Å². The number of hydrogen-bond donors (Lipinski definition) is 0. The van der Waals surface area contributed by atoms with E-state index in [9.17, 15) is 18.5 Å². The van der Waals surface area contributed by atoms with Crippen LogP contribution in [0.4, 0.5) is 5.69 Å². The van der Waals surface area contributed by atoms with Crippen LogP contribution < -0.4 is 0 Å². The minimum absolute atomic E-state index is 0.313. The number of furan rings is 1. The largest absolute Gasteiger partial charge is 0.453 e. The SMILES string of the molecule is O=[N+]([O-])c1ccccc1S(=O)(=O)c1ccco1. The van der Waals surface area contributed by atoms with E-state index in [0.29, 0.717) is 0 Å². The summed E-state index contributed by atoms with van der Waals surface area (Å²) in [7, 11) is -3.98. The van der Waals surface area contributed by atoms with Crippen LogP contribution in [0.15, 0.2) is 57.1 Å². The van der Waals surface area contributed by atoms with Gasteiger partial charge < -0.3 is 4.42 Å². The van der Waals surface area contributed by atoms with Gasteiger partial charge in [0.05, 0.1) is 11.2 Å². The van der Waals surface area contributed by atoms with Crippen LogP contribution in [0.1, 0.15) is 0 Å². The molecular formula is C10H7NO5S. The Morgan fingerprint density at radius 2 is 1.82 bits per heavy atom. The standard InChI is InChI=1S/C10H7NO5S/c12-11(13)8-4-1-2-5-9(8)17(14,15)10-6-3-7-16-10/h1-7H. The summed E-state index contributed by atoms with van der Waals surface area (Å²) >= 11 is 0. The molecule has 2 aromatic rings. The molecule has 0 amide bonds. The molecule has 2 rings (SSSR count). The third-order valence-electron chi connectivity index (χ3n) is 2.11. The van der Waals surface area contributed by atoms with Crippen LogP contribution in [0.3, 0.4) is 0 Å². The zero-order chi connectivity index (χ0) is 12.5. The summed E-state index contributed by atoms with van der Waals surface area (Å²) in [4.78, 5) is 9.63. The van der Waals surface area contributed by atoms with Gasteiger partial charge in [0.15, 0.2) is 4.90 Å². The number of rotatable bonds is 3. The number of hydrogen-bond acceptors (Lipinski definition) is 5. The van der Waals surface area contributed by atoms with Gasteiger partial charge in [-0.25, -0.2) is 8.42 Å². The number of nitro groups is 1. The molecule has 0 atom stereocenters. The second kappa shape index (κ2) is 4.02. The van der Waals surface area contributed by atoms with Crippen molar-refractivity contribution in [3.05, 3.63) is 52.8 Å². The molecule has 1 aromatic carbocycles. The first-order chi connectivity index (χ1) is 8.03. The van der Waals surface area contributed by atoms with E-state index in [4.69, 9.17) is 4.42 Å². The summed E-state index contributed by atoms with van der Waals surface area (Å²) in [6.45, 7) is 0. The van der Waals surface area contributed by atoms with Crippen LogP contribution in [0.2, 0.25) is 0 Å². The smallest absolute Gasteiger partial charge is 0.288 e. The van der Waals surface area contributed by atoms with Gasteiger partial charge in [-0.2, -0.15) is 0 Å². The maximum atomic E-state index is 12.0. The van der Waals surface area contributed by atoms with Crippen molar-refractivity contribution in [2.24, 2.45) is 0 Å². The molecule has 0 fully saturated rings. The van der Waals surface area contributed by atoms with E-state index in [-0.39, 0.29) is 9.99 Å². The van der Waals surface area contributed by atoms with Crippen molar-refractivity contribution in [2.45, 2.75) is 9.99 Å². The van der Waals surface area contributed by atoms with Gasteiger partial charge in [-0.15, -0.1) is 0 Å². The molecule has 1 aromatic heterocycles. The second-order valence-corrected chi connectivity index (χ2v) is 5.01. The van der Waals surface area contributed by atoms with Crippen LogP contribution in [0, 0.1) is 10.1 Å². The Balaban J connectivity index is 2.67. The lowest BCUT2D eigenvalue weighted by molar-refractivity contribution is -0.387. The molecule has 0 N–H and O–H groups in total. The third-order valence-corrected chi connectivity index (χ3v) is 3.80. The highest BCUT2D eigenvalue weighted by Crippen LogP contribution is 2.28. The highest BCUT2D eigenvalue weighted by atomic mass is 32.2. The van der Waals surface area contributed by atoms with E-state index in [1.807, 2.05) is 0 Å². The van der Waals surface area contributed by atoms with Gasteiger partial charge in [0.25, 0.3) is 5.69 Å². The Hall–Kier alpha value is -2.15. The highest BCUT2D eigenvalue weighted by Gasteiger charge is 2.28. The van der Waals surface area contributed by atoms with Crippen molar-refractivity contribution in [3.8, 4) is 0 Å². The zero-order valence-electron chi connectivity index (χ0n) is 8.44. The summed E-state index contributed by atoms with van der Waals surface area (Å²) < 4.78 is 28.8. The van der Waals surface area contributed by atoms with Gasteiger partial charge in [-0.05, 0) is 18.2 Å². The Bertz CT molecular complexity index is 645. The van der Waals surface area contributed by atoms with Gasteiger partial charge in [0, 0.05) is 6.07 Å². The predicted molar refractivity (Wildman–Crippen MR) is 57.3 cm³/mol. The van der Waals surface area contributed by atoms with E-state index < -0.39 is 20.4 Å². The van der Waals surface area contributed by atoms with Crippen molar-refractivity contribution in [2.75, 3.05) is 0 Å². The molecule has 0 bridgehead atoms. The number of para-hydroxylation sites is 1. The van der Waals surface area contributed by atoms with Crippen molar-refractivity contribution in [3.63, 3.8) is 0 Å². The molecule has 0 unspecified atom stereocenters. The fourth-order valence-corrected chi connectivity index (χ4v) is 2.69. The molecule has 0 aliphatic rings. The third kappa shape index (κ3) is 1.92. The molecular weight excluding hydrogens is 246 g/mol. The molecule has 0 aliphatic carbocycles. The van der Waals surface area contributed by atoms with E-state index in [1.165, 1.54) is 36.6 Å². The van der Waals surface area contributed by atoms with Crippen molar-refractivity contribution >= 4 is 15.5 Å². The summed E-state index contributed by atoms with van der Waals surface area (Å²) in [5, 5.41) is 10.4. The number of benzene rings is 1. The quantitative estimate of drug-likeness (QED) is 0.616. The lowest BCUT2D eigenvalue weighted by Gasteiger charge is -2.01. The number of nitrogens with zero attached hydrogens (tertiary/aromatic N) is 1. The molecule has 0 saturated heterocycles. The monoisotopic (exact) mass is 253 g/mol. The summed E-state index contributed by atoms with van der Waals surface area (Å²) in [6.07, 6.45) is 1.20. The normalized spacial score (nSPS) is 11.3. The van der Waals surface area contributed by atoms with E-state index >= 15 is 0 Å². The minimum atomic E-state index is -3.98. The van der Waals surface area contributed by atoms with Gasteiger partial charge in [-0.1, -0.05) is 12.1 Å². The summed E-state index contributed by atoms with van der Waals surface area (Å²) in [6, 6.07) is 7.78. The van der Waals surface area contributed by atoms with Gasteiger partial charge in [-0.3, -0.25) is 10.1 Å². The molecule has 0 radical (unpaired) electrons. The molecule has 88 valence electrons. The fraction of sp³-hybridized carbons (Fsp3) is 0. The second-order valence-electron chi connectivity index (χ2n) is 3.16. The van der Waals surface area contributed by atoms with Crippen LogP contribution in [-0.2, 0) is 9.84 Å². The first-order valence-electron chi connectivity index (χ1n) is 4.55. The molecule has 17 heavy (non-hydrogen) atoms. The van der Waals surface area contributed by atoms with Crippen molar-refractivity contribution in [1.29, 1.82) is 0 Å². The van der Waals surface area contributed by atoms with Crippen LogP contribution in [-0.4, -0.2) is 13.3 Å². The molecule has 0 spiro atoms. The average Bonchev–Trinajstić information content (AvgIpc) is 2.83. The van der Waals surface area contributed by atoms with E-state index in [0.717, 1.165) is 6.07 Å². The van der Waals surface area contributed by atoms with Gasteiger partial charge in [0.1, 0.15) is 0 Å². The maximum Gasteiger partial charge on any atom is 0.288 e. The lowest BCUT2D eigenvalue weighted by atomic mass is 10.3. The topological polar surface area (TPSA) is 90.4 Å². The number of sulfone groups is 1. The van der Waals surface area contributed by atoms with Crippen molar-refractivity contribution in [1.82, 2.24) is 0 Å². The Morgan fingerprint density at radius 3 is 2.41 bits per heavy atom. The van der Waals surface area contributed by atoms with Crippen LogP contribution in [0.5, 0.6) is 0 Å². The Labute approximate surface area is 96.6 Å². The summed E-state index contributed by atoms with van der Waals surface area (Å²) in [5.41, 5.74) is -0.469. The van der Waals surface area contributed by atoms with E-state index in [2.05, 4.69) is 0 Å². The summed E-state index contributed by atoms with van der Waals surface area (Å²) in [5.74, 6) is 0. The number of nitro benzene ring substituents is 1. The molecule has 7 heteroatoms. The maximum absolute atomic E-state index is 12.0. The Kier molecular flexibility index (Phi) is 2.68.